The van der Waals surface area contributed by atoms with Gasteiger partial charge in [-0.2, -0.15) is 0 Å². The molecule has 1 aromatic carbocycles. The summed E-state index contributed by atoms with van der Waals surface area (Å²) < 4.78 is 0. The number of aliphatic carboxylic acids is 2. The minimum atomic E-state index is -1.79. The third-order valence-corrected chi connectivity index (χ3v) is 1.73. The molecule has 5 N–H and O–H groups in total. The van der Waals surface area contributed by atoms with E-state index in [-0.39, 0.29) is 0 Å². The van der Waals surface area contributed by atoms with E-state index >= 15 is 0 Å². The Kier molecular flexibility index (Phi) is 7.32. The lowest BCUT2D eigenvalue weighted by Crippen LogP contribution is -2.22. The molecule has 0 radical (unpaired) electrons. The van der Waals surface area contributed by atoms with Crippen LogP contribution in [0.15, 0.2) is 30.3 Å². The third-order valence-electron chi connectivity index (χ3n) is 1.73. The number of aliphatic hydroxyl groups excluding tert-OH is 1. The van der Waals surface area contributed by atoms with E-state index in [1.54, 1.807) is 0 Å². The fraction of sp³-hybridized carbons (Fsp3) is 0.273. The molecule has 1 unspecified atom stereocenters. The van der Waals surface area contributed by atoms with Gasteiger partial charge in [0.2, 0.25) is 0 Å². The van der Waals surface area contributed by atoms with E-state index in [9.17, 15) is 9.59 Å². The number of hydrogen-bond donors (Lipinski definition) is 4. The van der Waals surface area contributed by atoms with Crippen molar-refractivity contribution in [3.05, 3.63) is 35.9 Å². The van der Waals surface area contributed by atoms with Crippen LogP contribution in [0.1, 0.15) is 12.0 Å². The summed E-state index contributed by atoms with van der Waals surface area (Å²) in [5.74, 6) is -2.85. The van der Waals surface area contributed by atoms with Crippen molar-refractivity contribution in [1.29, 1.82) is 0 Å². The summed E-state index contributed by atoms with van der Waals surface area (Å²) in [4.78, 5) is 19.4. The fourth-order valence-electron chi connectivity index (χ4n) is 0.867. The van der Waals surface area contributed by atoms with Gasteiger partial charge in [0.25, 0.3) is 0 Å². The molecule has 6 heteroatoms. The smallest absolute Gasteiger partial charge is 0.333 e. The molecule has 0 spiro atoms. The van der Waals surface area contributed by atoms with Crippen LogP contribution >= 0.6 is 0 Å². The molecular weight excluding hydrogens is 226 g/mol. The molecule has 0 saturated carbocycles. The Bertz CT molecular complexity index is 352. The van der Waals surface area contributed by atoms with Crippen LogP contribution in [0.25, 0.3) is 0 Å². The number of carbonyl (C=O) groups is 2. The maximum absolute atomic E-state index is 9.72. The first-order chi connectivity index (χ1) is 7.97. The summed E-state index contributed by atoms with van der Waals surface area (Å²) in [7, 11) is 0. The van der Waals surface area contributed by atoms with Crippen molar-refractivity contribution in [3.8, 4) is 0 Å². The van der Waals surface area contributed by atoms with Gasteiger partial charge >= 0.3 is 11.9 Å². The van der Waals surface area contributed by atoms with Crippen molar-refractivity contribution in [1.82, 2.24) is 0 Å². The summed E-state index contributed by atoms with van der Waals surface area (Å²) in [6, 6.07) is 9.99. The van der Waals surface area contributed by atoms with Gasteiger partial charge in [0.05, 0.1) is 6.42 Å². The lowest BCUT2D eigenvalue weighted by Gasteiger charge is -1.97. The number of rotatable bonds is 4. The Labute approximate surface area is 98.3 Å². The second-order valence-electron chi connectivity index (χ2n) is 3.14. The third kappa shape index (κ3) is 7.95. The van der Waals surface area contributed by atoms with Crippen molar-refractivity contribution in [2.45, 2.75) is 19.1 Å². The van der Waals surface area contributed by atoms with Gasteiger partial charge in [0, 0.05) is 6.54 Å². The van der Waals surface area contributed by atoms with Crippen LogP contribution in [-0.4, -0.2) is 33.4 Å². The molecule has 0 aromatic heterocycles. The molecule has 6 nitrogen and oxygen atoms in total. The normalized spacial score (nSPS) is 10.9. The molecule has 17 heavy (non-hydrogen) atoms. The summed E-state index contributed by atoms with van der Waals surface area (Å²) in [5.41, 5.74) is 6.54. The standard InChI is InChI=1S/C7H9N.C4H6O5/c8-6-7-4-2-1-3-5-7;5-2(4(8)9)1-3(6)7/h1-5H,6,8H2;2,5H,1H2,(H,6,7)(H,8,9). The van der Waals surface area contributed by atoms with Crippen molar-refractivity contribution < 1.29 is 24.9 Å². The number of benzene rings is 1. The summed E-state index contributed by atoms with van der Waals surface area (Å²) in [6.45, 7) is 0.640. The number of aliphatic hydroxyl groups is 1. The molecule has 0 aliphatic rings. The molecular formula is C11H15NO5. The average Bonchev–Trinajstić information content (AvgIpc) is 2.30. The lowest BCUT2D eigenvalue weighted by atomic mass is 10.2. The van der Waals surface area contributed by atoms with Crippen molar-refractivity contribution in [2.75, 3.05) is 0 Å². The Morgan fingerprint density at radius 2 is 1.71 bits per heavy atom. The Balaban J connectivity index is 0.000000302. The van der Waals surface area contributed by atoms with Crippen LogP contribution in [0.4, 0.5) is 0 Å². The Morgan fingerprint density at radius 1 is 1.18 bits per heavy atom. The highest BCUT2D eigenvalue weighted by molar-refractivity contribution is 5.79. The largest absolute Gasteiger partial charge is 0.481 e. The Morgan fingerprint density at radius 3 is 1.94 bits per heavy atom. The summed E-state index contributed by atoms with van der Waals surface area (Å²) in [6.07, 6.45) is -2.54. The second kappa shape index (κ2) is 8.26. The van der Waals surface area contributed by atoms with Crippen molar-refractivity contribution in [3.63, 3.8) is 0 Å². The van der Waals surface area contributed by atoms with Crippen LogP contribution in [-0.2, 0) is 16.1 Å². The highest BCUT2D eigenvalue weighted by Gasteiger charge is 2.16. The van der Waals surface area contributed by atoms with Gasteiger partial charge in [0.1, 0.15) is 0 Å². The number of carboxylic acid groups (broad SMARTS) is 2. The maximum Gasteiger partial charge on any atom is 0.333 e. The molecule has 1 atom stereocenters. The lowest BCUT2D eigenvalue weighted by molar-refractivity contribution is -0.152. The first-order valence-corrected chi connectivity index (χ1v) is 4.84. The van der Waals surface area contributed by atoms with Gasteiger partial charge in [-0.3, -0.25) is 4.79 Å². The van der Waals surface area contributed by atoms with Crippen LogP contribution in [0.5, 0.6) is 0 Å². The zero-order chi connectivity index (χ0) is 13.3. The van der Waals surface area contributed by atoms with Crippen LogP contribution in [0.2, 0.25) is 0 Å². The monoisotopic (exact) mass is 241 g/mol. The number of carboxylic acids is 2. The topological polar surface area (TPSA) is 121 Å². The molecule has 0 aliphatic carbocycles. The van der Waals surface area contributed by atoms with Gasteiger partial charge in [-0.15, -0.1) is 0 Å². The van der Waals surface area contributed by atoms with E-state index < -0.39 is 24.5 Å². The minimum absolute atomic E-state index is 0.640. The summed E-state index contributed by atoms with van der Waals surface area (Å²) >= 11 is 0. The van der Waals surface area contributed by atoms with E-state index in [1.165, 1.54) is 5.56 Å². The molecule has 94 valence electrons. The van der Waals surface area contributed by atoms with Crippen LogP contribution in [0.3, 0.4) is 0 Å². The quantitative estimate of drug-likeness (QED) is 0.591. The molecule has 1 aromatic rings. The van der Waals surface area contributed by atoms with Gasteiger partial charge in [-0.1, -0.05) is 30.3 Å². The van der Waals surface area contributed by atoms with Gasteiger partial charge in [0.15, 0.2) is 6.10 Å². The van der Waals surface area contributed by atoms with E-state index in [0.717, 1.165) is 0 Å². The zero-order valence-electron chi connectivity index (χ0n) is 9.11. The van der Waals surface area contributed by atoms with Crippen molar-refractivity contribution in [2.24, 2.45) is 5.73 Å². The SMILES string of the molecule is NCc1ccccc1.O=C(O)CC(O)C(=O)O. The van der Waals surface area contributed by atoms with Gasteiger partial charge in [-0.05, 0) is 5.56 Å². The zero-order valence-corrected chi connectivity index (χ0v) is 9.11. The average molecular weight is 241 g/mol. The van der Waals surface area contributed by atoms with E-state index in [2.05, 4.69) is 0 Å². The molecule has 0 bridgehead atoms. The fourth-order valence-corrected chi connectivity index (χ4v) is 0.867. The number of hydrogen-bond acceptors (Lipinski definition) is 4. The molecule has 0 aliphatic heterocycles. The predicted octanol–water partition coefficient (Wildman–Crippen LogP) is 0.0519. The van der Waals surface area contributed by atoms with Crippen LogP contribution < -0.4 is 5.73 Å². The highest BCUT2D eigenvalue weighted by atomic mass is 16.4. The second-order valence-corrected chi connectivity index (χ2v) is 3.14. The predicted molar refractivity (Wildman–Crippen MR) is 60.2 cm³/mol. The van der Waals surface area contributed by atoms with E-state index in [0.29, 0.717) is 6.54 Å². The Hall–Kier alpha value is -1.92. The maximum atomic E-state index is 9.72. The first-order valence-electron chi connectivity index (χ1n) is 4.84. The highest BCUT2D eigenvalue weighted by Crippen LogP contribution is 1.94. The molecule has 0 heterocycles. The minimum Gasteiger partial charge on any atom is -0.481 e. The molecule has 0 amide bonds. The number of nitrogens with two attached hydrogens (primary N) is 1. The molecule has 1 rings (SSSR count). The molecule has 0 saturated heterocycles. The summed E-state index contributed by atoms with van der Waals surface area (Å²) in [5, 5.41) is 24.1. The van der Waals surface area contributed by atoms with Gasteiger partial charge < -0.3 is 21.1 Å². The van der Waals surface area contributed by atoms with E-state index in [4.69, 9.17) is 21.1 Å². The first kappa shape index (κ1) is 15.1. The van der Waals surface area contributed by atoms with Crippen molar-refractivity contribution >= 4 is 11.9 Å². The van der Waals surface area contributed by atoms with E-state index in [1.807, 2.05) is 30.3 Å². The van der Waals surface area contributed by atoms with Crippen LogP contribution in [0, 0.1) is 0 Å². The molecule has 0 fully saturated rings. The van der Waals surface area contributed by atoms with Gasteiger partial charge in [-0.25, -0.2) is 4.79 Å².